The van der Waals surface area contributed by atoms with Crippen molar-refractivity contribution >= 4 is 0 Å². The van der Waals surface area contributed by atoms with Crippen molar-refractivity contribution in [3.8, 4) is 0 Å². The summed E-state index contributed by atoms with van der Waals surface area (Å²) in [5.74, 6) is 2.09. The lowest BCUT2D eigenvalue weighted by molar-refractivity contribution is 0.156. The fraction of sp³-hybridized carbons (Fsp3) is 1.00. The highest BCUT2D eigenvalue weighted by atomic mass is 14.9. The molecule has 1 N–H and O–H groups in total. The molecule has 2 saturated carbocycles. The zero-order valence-electron chi connectivity index (χ0n) is 8.89. The number of rotatable bonds is 2. The lowest BCUT2D eigenvalue weighted by Crippen LogP contribution is -2.39. The second kappa shape index (κ2) is 4.45. The van der Waals surface area contributed by atoms with Gasteiger partial charge in [-0.25, -0.2) is 0 Å². The van der Waals surface area contributed by atoms with E-state index in [0.717, 1.165) is 17.9 Å². The first kappa shape index (κ1) is 9.51. The minimum Gasteiger partial charge on any atom is -0.317 e. The van der Waals surface area contributed by atoms with Crippen LogP contribution in [0.3, 0.4) is 0 Å². The molecule has 2 unspecified atom stereocenters. The molecule has 1 nitrogen and oxygen atoms in total. The lowest BCUT2D eigenvalue weighted by atomic mass is 9.71. The van der Waals surface area contributed by atoms with E-state index in [4.69, 9.17) is 0 Å². The van der Waals surface area contributed by atoms with Crippen LogP contribution < -0.4 is 5.32 Å². The molecular weight excluding hydrogens is 158 g/mol. The smallest absolute Gasteiger partial charge is 0.00949 e. The molecule has 0 aliphatic heterocycles. The highest BCUT2D eigenvalue weighted by molar-refractivity contribution is 4.87. The monoisotopic (exact) mass is 181 g/mol. The van der Waals surface area contributed by atoms with Gasteiger partial charge in [-0.05, 0) is 31.7 Å². The SMILES string of the molecule is CNC1CCCCCC1C1CCC1. The first-order valence-electron chi connectivity index (χ1n) is 6.09. The number of nitrogens with one attached hydrogen (secondary N) is 1. The Hall–Kier alpha value is -0.0400. The van der Waals surface area contributed by atoms with Crippen LogP contribution in [0.15, 0.2) is 0 Å². The molecule has 0 heterocycles. The molecule has 1 heteroatoms. The van der Waals surface area contributed by atoms with Crippen molar-refractivity contribution in [1.29, 1.82) is 0 Å². The van der Waals surface area contributed by atoms with Crippen molar-refractivity contribution in [3.63, 3.8) is 0 Å². The largest absolute Gasteiger partial charge is 0.317 e. The summed E-state index contributed by atoms with van der Waals surface area (Å²) in [7, 11) is 2.15. The first-order valence-corrected chi connectivity index (χ1v) is 6.09. The van der Waals surface area contributed by atoms with Gasteiger partial charge in [0.15, 0.2) is 0 Å². The molecule has 2 aliphatic rings. The number of hydrogen-bond acceptors (Lipinski definition) is 1. The van der Waals surface area contributed by atoms with Crippen molar-refractivity contribution in [2.45, 2.75) is 57.4 Å². The van der Waals surface area contributed by atoms with Gasteiger partial charge in [-0.15, -0.1) is 0 Å². The summed E-state index contributed by atoms with van der Waals surface area (Å²) in [4.78, 5) is 0. The van der Waals surface area contributed by atoms with E-state index in [0.29, 0.717) is 0 Å². The van der Waals surface area contributed by atoms with E-state index in [1.165, 1.54) is 51.4 Å². The summed E-state index contributed by atoms with van der Waals surface area (Å²) in [6.45, 7) is 0. The van der Waals surface area contributed by atoms with Crippen molar-refractivity contribution < 1.29 is 0 Å². The standard InChI is InChI=1S/C12H23N/c1-13-12-9-4-2-3-8-11(12)10-6-5-7-10/h10-13H,2-9H2,1H3. The zero-order valence-corrected chi connectivity index (χ0v) is 8.89. The Kier molecular flexibility index (Phi) is 3.26. The number of hydrogen-bond donors (Lipinski definition) is 1. The molecule has 2 fully saturated rings. The molecule has 2 atom stereocenters. The first-order chi connectivity index (χ1) is 6.42. The summed E-state index contributed by atoms with van der Waals surface area (Å²) in [5, 5.41) is 3.54. The maximum Gasteiger partial charge on any atom is 0.00949 e. The van der Waals surface area contributed by atoms with Crippen LogP contribution in [0, 0.1) is 11.8 Å². The van der Waals surface area contributed by atoms with E-state index in [9.17, 15) is 0 Å². The highest BCUT2D eigenvalue weighted by Gasteiger charge is 2.32. The van der Waals surface area contributed by atoms with Crippen molar-refractivity contribution in [2.75, 3.05) is 7.05 Å². The third-order valence-corrected chi connectivity index (χ3v) is 4.20. The summed E-state index contributed by atoms with van der Waals surface area (Å²) in [6.07, 6.45) is 11.9. The fourth-order valence-corrected chi connectivity index (χ4v) is 3.13. The van der Waals surface area contributed by atoms with Gasteiger partial charge in [0.25, 0.3) is 0 Å². The van der Waals surface area contributed by atoms with Gasteiger partial charge in [0.1, 0.15) is 0 Å². The molecule has 0 aromatic rings. The molecule has 2 rings (SSSR count). The Morgan fingerprint density at radius 2 is 1.62 bits per heavy atom. The van der Waals surface area contributed by atoms with Crippen LogP contribution in [-0.2, 0) is 0 Å². The van der Waals surface area contributed by atoms with E-state index in [-0.39, 0.29) is 0 Å². The quantitative estimate of drug-likeness (QED) is 0.646. The van der Waals surface area contributed by atoms with Gasteiger partial charge in [0, 0.05) is 6.04 Å². The molecule has 13 heavy (non-hydrogen) atoms. The molecular formula is C12H23N. The molecule has 0 spiro atoms. The second-order valence-electron chi connectivity index (χ2n) is 4.89. The van der Waals surface area contributed by atoms with Crippen molar-refractivity contribution in [1.82, 2.24) is 5.32 Å². The van der Waals surface area contributed by atoms with E-state index >= 15 is 0 Å². The zero-order chi connectivity index (χ0) is 9.10. The second-order valence-corrected chi connectivity index (χ2v) is 4.89. The van der Waals surface area contributed by atoms with Crippen LogP contribution in [0.5, 0.6) is 0 Å². The maximum absolute atomic E-state index is 3.54. The average molecular weight is 181 g/mol. The van der Waals surface area contributed by atoms with Crippen LogP contribution in [-0.4, -0.2) is 13.1 Å². The summed E-state index contributed by atoms with van der Waals surface area (Å²) >= 11 is 0. The van der Waals surface area contributed by atoms with Gasteiger partial charge in [-0.2, -0.15) is 0 Å². The molecule has 0 bridgehead atoms. The highest BCUT2D eigenvalue weighted by Crippen LogP contribution is 2.40. The minimum atomic E-state index is 0.841. The van der Waals surface area contributed by atoms with Gasteiger partial charge in [-0.1, -0.05) is 38.5 Å². The fourth-order valence-electron chi connectivity index (χ4n) is 3.13. The molecule has 76 valence electrons. The molecule has 0 saturated heterocycles. The predicted molar refractivity (Wildman–Crippen MR) is 56.8 cm³/mol. The van der Waals surface area contributed by atoms with Gasteiger partial charge >= 0.3 is 0 Å². The topological polar surface area (TPSA) is 12.0 Å². The Labute approximate surface area is 82.3 Å². The van der Waals surface area contributed by atoms with E-state index in [1.54, 1.807) is 0 Å². The summed E-state index contributed by atoms with van der Waals surface area (Å²) in [6, 6.07) is 0.841. The van der Waals surface area contributed by atoms with Crippen LogP contribution in [0.25, 0.3) is 0 Å². The van der Waals surface area contributed by atoms with Crippen LogP contribution in [0.4, 0.5) is 0 Å². The Bertz CT molecular complexity index is 151. The summed E-state index contributed by atoms with van der Waals surface area (Å²) in [5.41, 5.74) is 0. The third kappa shape index (κ3) is 2.07. The molecule has 0 aromatic heterocycles. The molecule has 0 aromatic carbocycles. The lowest BCUT2D eigenvalue weighted by Gasteiger charge is -2.38. The van der Waals surface area contributed by atoms with E-state index in [1.807, 2.05) is 0 Å². The van der Waals surface area contributed by atoms with Crippen molar-refractivity contribution in [2.24, 2.45) is 11.8 Å². The predicted octanol–water partition coefficient (Wildman–Crippen LogP) is 2.95. The van der Waals surface area contributed by atoms with Gasteiger partial charge in [0.2, 0.25) is 0 Å². The normalized spacial score (nSPS) is 36.7. The molecule has 0 radical (unpaired) electrons. The van der Waals surface area contributed by atoms with Crippen LogP contribution in [0.1, 0.15) is 51.4 Å². The minimum absolute atomic E-state index is 0.841. The van der Waals surface area contributed by atoms with Crippen molar-refractivity contribution in [3.05, 3.63) is 0 Å². The third-order valence-electron chi connectivity index (χ3n) is 4.20. The van der Waals surface area contributed by atoms with Crippen LogP contribution >= 0.6 is 0 Å². The maximum atomic E-state index is 3.54. The molecule has 2 aliphatic carbocycles. The Morgan fingerprint density at radius 1 is 0.846 bits per heavy atom. The van der Waals surface area contributed by atoms with Crippen LogP contribution in [0.2, 0.25) is 0 Å². The van der Waals surface area contributed by atoms with Gasteiger partial charge in [-0.3, -0.25) is 0 Å². The van der Waals surface area contributed by atoms with E-state index in [2.05, 4.69) is 12.4 Å². The Morgan fingerprint density at radius 3 is 2.23 bits per heavy atom. The average Bonchev–Trinajstić information content (AvgIpc) is 2.27. The van der Waals surface area contributed by atoms with Gasteiger partial charge in [0.05, 0.1) is 0 Å². The Balaban J connectivity index is 1.93. The van der Waals surface area contributed by atoms with Gasteiger partial charge < -0.3 is 5.32 Å². The van der Waals surface area contributed by atoms with E-state index < -0.39 is 0 Å². The summed E-state index contributed by atoms with van der Waals surface area (Å²) < 4.78 is 0. The molecule has 0 amide bonds.